The van der Waals surface area contributed by atoms with Crippen LogP contribution < -0.4 is 4.90 Å². The predicted octanol–water partition coefficient (Wildman–Crippen LogP) is 5.42. The molecule has 4 nitrogen and oxygen atoms in total. The number of amides is 1. The third-order valence-corrected chi connectivity index (χ3v) is 5.92. The van der Waals surface area contributed by atoms with E-state index in [0.717, 1.165) is 20.3 Å². The second kappa shape index (κ2) is 7.82. The first-order valence-corrected chi connectivity index (χ1v) is 10.2. The predicted molar refractivity (Wildman–Crippen MR) is 111 cm³/mol. The number of hydrogen-bond donors (Lipinski definition) is 0. The molecule has 0 aliphatic rings. The molecular weight excluding hydrogens is 374 g/mol. The lowest BCUT2D eigenvalue weighted by Gasteiger charge is -2.20. The number of aryl methyl sites for hydroxylation is 1. The highest BCUT2D eigenvalue weighted by Crippen LogP contribution is 2.32. The molecule has 6 heteroatoms. The van der Waals surface area contributed by atoms with E-state index in [2.05, 4.69) is 9.97 Å². The first-order chi connectivity index (χ1) is 13.2. The Labute approximate surface area is 165 Å². The molecule has 0 saturated carbocycles. The summed E-state index contributed by atoms with van der Waals surface area (Å²) in [5.74, 6) is 0.492. The number of thiazole rings is 1. The fraction of sp³-hybridized carbons (Fsp3) is 0.0952. The second-order valence-corrected chi connectivity index (χ2v) is 8.17. The van der Waals surface area contributed by atoms with E-state index < -0.39 is 0 Å². The van der Waals surface area contributed by atoms with E-state index in [-0.39, 0.29) is 5.91 Å². The van der Waals surface area contributed by atoms with Crippen LogP contribution in [0.1, 0.15) is 20.4 Å². The van der Waals surface area contributed by atoms with Crippen molar-refractivity contribution in [3.8, 4) is 10.4 Å². The Kier molecular flexibility index (Phi) is 5.09. The monoisotopic (exact) mass is 391 g/mol. The number of thiophene rings is 1. The lowest BCUT2D eigenvalue weighted by Crippen LogP contribution is -2.31. The third kappa shape index (κ3) is 3.82. The SMILES string of the molecule is Cc1nc(C(=O)N(Cc2cccs2)c2ccccn2)c(-c2ccccc2)s1. The van der Waals surface area contributed by atoms with Crippen molar-refractivity contribution >= 4 is 34.4 Å². The van der Waals surface area contributed by atoms with E-state index in [1.54, 1.807) is 22.4 Å². The van der Waals surface area contributed by atoms with Crippen LogP contribution in [0.5, 0.6) is 0 Å². The van der Waals surface area contributed by atoms with Gasteiger partial charge in [0.2, 0.25) is 0 Å². The fourth-order valence-electron chi connectivity index (χ4n) is 2.81. The number of anilines is 1. The van der Waals surface area contributed by atoms with Crippen molar-refractivity contribution in [1.29, 1.82) is 0 Å². The summed E-state index contributed by atoms with van der Waals surface area (Å²) in [6.07, 6.45) is 1.70. The number of nitrogens with zero attached hydrogens (tertiary/aromatic N) is 3. The van der Waals surface area contributed by atoms with Gasteiger partial charge in [0, 0.05) is 11.1 Å². The van der Waals surface area contributed by atoms with Gasteiger partial charge in [0.15, 0.2) is 0 Å². The maximum atomic E-state index is 13.5. The zero-order valence-electron chi connectivity index (χ0n) is 14.7. The first-order valence-electron chi connectivity index (χ1n) is 8.50. The average Bonchev–Trinajstić information content (AvgIpc) is 3.36. The Morgan fingerprint density at radius 1 is 1.04 bits per heavy atom. The maximum Gasteiger partial charge on any atom is 0.279 e. The highest BCUT2D eigenvalue weighted by Gasteiger charge is 2.26. The molecule has 1 amide bonds. The van der Waals surface area contributed by atoms with E-state index in [4.69, 9.17) is 0 Å². The molecule has 4 rings (SSSR count). The Bertz CT molecular complexity index is 1030. The number of pyridine rings is 1. The molecule has 134 valence electrons. The number of aromatic nitrogens is 2. The van der Waals surface area contributed by atoms with Crippen molar-refractivity contribution in [3.05, 3.63) is 87.8 Å². The lowest BCUT2D eigenvalue weighted by atomic mass is 10.1. The molecule has 1 aromatic carbocycles. The molecule has 0 atom stereocenters. The quantitative estimate of drug-likeness (QED) is 0.456. The molecule has 0 fully saturated rings. The summed E-state index contributed by atoms with van der Waals surface area (Å²) in [5.41, 5.74) is 1.48. The third-order valence-electron chi connectivity index (χ3n) is 4.04. The molecule has 4 aromatic rings. The molecule has 0 bridgehead atoms. The summed E-state index contributed by atoms with van der Waals surface area (Å²) < 4.78 is 0. The van der Waals surface area contributed by atoms with Gasteiger partial charge in [0.25, 0.3) is 5.91 Å². The van der Waals surface area contributed by atoms with Gasteiger partial charge in [0.05, 0.1) is 16.4 Å². The largest absolute Gasteiger partial charge is 0.286 e. The van der Waals surface area contributed by atoms with E-state index in [1.807, 2.05) is 73.0 Å². The van der Waals surface area contributed by atoms with Crippen LogP contribution in [-0.2, 0) is 6.54 Å². The number of carbonyl (C=O) groups excluding carboxylic acids is 1. The molecule has 0 aliphatic carbocycles. The zero-order chi connectivity index (χ0) is 18.6. The molecule has 27 heavy (non-hydrogen) atoms. The van der Waals surface area contributed by atoms with E-state index >= 15 is 0 Å². The summed E-state index contributed by atoms with van der Waals surface area (Å²) in [7, 11) is 0. The van der Waals surface area contributed by atoms with Crippen molar-refractivity contribution in [2.45, 2.75) is 13.5 Å². The molecule has 0 unspecified atom stereocenters. The van der Waals surface area contributed by atoms with Crippen LogP contribution in [0.3, 0.4) is 0 Å². The van der Waals surface area contributed by atoms with E-state index in [1.165, 1.54) is 11.3 Å². The van der Waals surface area contributed by atoms with Gasteiger partial charge in [-0.2, -0.15) is 0 Å². The van der Waals surface area contributed by atoms with Crippen LogP contribution in [0.15, 0.2) is 72.2 Å². The molecule has 0 aliphatic heterocycles. The summed E-state index contributed by atoms with van der Waals surface area (Å²) in [6, 6.07) is 19.5. The van der Waals surface area contributed by atoms with E-state index in [0.29, 0.717) is 18.1 Å². The molecule has 0 spiro atoms. The van der Waals surface area contributed by atoms with Crippen molar-refractivity contribution in [2.24, 2.45) is 0 Å². The number of carbonyl (C=O) groups is 1. The zero-order valence-corrected chi connectivity index (χ0v) is 16.3. The fourth-order valence-corrected chi connectivity index (χ4v) is 4.42. The van der Waals surface area contributed by atoms with Gasteiger partial charge in [-0.1, -0.05) is 42.5 Å². The Balaban J connectivity index is 1.76. The minimum absolute atomic E-state index is 0.134. The molecule has 0 radical (unpaired) electrons. The van der Waals surface area contributed by atoms with E-state index in [9.17, 15) is 4.79 Å². The second-order valence-electron chi connectivity index (χ2n) is 5.94. The van der Waals surface area contributed by atoms with Gasteiger partial charge in [0.1, 0.15) is 11.5 Å². The highest BCUT2D eigenvalue weighted by atomic mass is 32.1. The topological polar surface area (TPSA) is 46.1 Å². The molecule has 3 aromatic heterocycles. The lowest BCUT2D eigenvalue weighted by molar-refractivity contribution is 0.0981. The van der Waals surface area contributed by atoms with Crippen LogP contribution in [0.2, 0.25) is 0 Å². The Morgan fingerprint density at radius 2 is 1.85 bits per heavy atom. The van der Waals surface area contributed by atoms with Crippen molar-refractivity contribution < 1.29 is 4.79 Å². The van der Waals surface area contributed by atoms with Gasteiger partial charge < -0.3 is 0 Å². The summed E-state index contributed by atoms with van der Waals surface area (Å²) >= 11 is 3.16. The number of benzene rings is 1. The Morgan fingerprint density at radius 3 is 2.56 bits per heavy atom. The summed E-state index contributed by atoms with van der Waals surface area (Å²) in [6.45, 7) is 2.40. The number of rotatable bonds is 5. The maximum absolute atomic E-state index is 13.5. The van der Waals surface area contributed by atoms with Gasteiger partial charge in [-0.3, -0.25) is 9.69 Å². The van der Waals surface area contributed by atoms with Gasteiger partial charge >= 0.3 is 0 Å². The standard InChI is InChI=1S/C21H17N3OS2/c1-15-23-19(20(27-15)16-8-3-2-4-9-16)21(25)24(14-17-10-7-13-26-17)18-11-5-6-12-22-18/h2-13H,14H2,1H3. The Hall–Kier alpha value is -2.83. The van der Waals surface area contributed by atoms with Gasteiger partial charge in [-0.25, -0.2) is 9.97 Å². The molecule has 3 heterocycles. The molecule has 0 saturated heterocycles. The van der Waals surface area contributed by atoms with Crippen molar-refractivity contribution in [2.75, 3.05) is 4.90 Å². The smallest absolute Gasteiger partial charge is 0.279 e. The first kappa shape index (κ1) is 17.6. The van der Waals surface area contributed by atoms with Crippen LogP contribution in [0.25, 0.3) is 10.4 Å². The van der Waals surface area contributed by atoms with Crippen molar-refractivity contribution in [1.82, 2.24) is 9.97 Å². The van der Waals surface area contributed by atoms with Crippen LogP contribution >= 0.6 is 22.7 Å². The van der Waals surface area contributed by atoms with Crippen molar-refractivity contribution in [3.63, 3.8) is 0 Å². The average molecular weight is 392 g/mol. The summed E-state index contributed by atoms with van der Waals surface area (Å²) in [4.78, 5) is 26.2. The van der Waals surface area contributed by atoms with Gasteiger partial charge in [-0.15, -0.1) is 22.7 Å². The minimum Gasteiger partial charge on any atom is -0.286 e. The van der Waals surface area contributed by atoms with Crippen LogP contribution in [0, 0.1) is 6.92 Å². The van der Waals surface area contributed by atoms with Gasteiger partial charge in [-0.05, 0) is 36.1 Å². The van der Waals surface area contributed by atoms with Crippen LogP contribution in [-0.4, -0.2) is 15.9 Å². The molecule has 0 N–H and O–H groups in total. The molecular formula is C21H17N3OS2. The van der Waals surface area contributed by atoms with Crippen LogP contribution in [0.4, 0.5) is 5.82 Å². The normalized spacial score (nSPS) is 10.7. The highest BCUT2D eigenvalue weighted by molar-refractivity contribution is 7.15. The summed E-state index contributed by atoms with van der Waals surface area (Å²) in [5, 5.41) is 2.88. The number of hydrogen-bond acceptors (Lipinski definition) is 5. The minimum atomic E-state index is -0.134.